The predicted octanol–water partition coefficient (Wildman–Crippen LogP) is 2.72. The lowest BCUT2D eigenvalue weighted by Crippen LogP contribution is -2.41. The Morgan fingerprint density at radius 2 is 2.17 bits per heavy atom. The maximum atomic E-state index is 12.0. The van der Waals surface area contributed by atoms with Crippen molar-refractivity contribution in [3.63, 3.8) is 0 Å². The summed E-state index contributed by atoms with van der Waals surface area (Å²) in [6.07, 6.45) is 1.01. The molecule has 8 heteroatoms. The van der Waals surface area contributed by atoms with Gasteiger partial charge >= 0.3 is 6.09 Å². The van der Waals surface area contributed by atoms with Gasteiger partial charge in [-0.15, -0.1) is 0 Å². The van der Waals surface area contributed by atoms with Crippen LogP contribution in [0.2, 0.25) is 0 Å². The molecular weight excluding hydrogens is 364 g/mol. The maximum absolute atomic E-state index is 12.0. The largest absolute Gasteiger partial charge is 0.444 e. The topological polar surface area (TPSA) is 89.7 Å². The number of ether oxygens (including phenoxy) is 2. The van der Waals surface area contributed by atoms with E-state index in [1.165, 1.54) is 4.90 Å². The molecule has 0 saturated heterocycles. The number of pyridine rings is 1. The zero-order valence-corrected chi connectivity index (χ0v) is 15.8. The van der Waals surface area contributed by atoms with Gasteiger partial charge in [-0.25, -0.2) is 9.78 Å². The Morgan fingerprint density at radius 3 is 2.70 bits per heavy atom. The molecule has 1 aromatic rings. The molecule has 1 amide bonds. The Morgan fingerprint density at radius 1 is 1.52 bits per heavy atom. The molecule has 23 heavy (non-hydrogen) atoms. The molecular formula is C15H25BrN4O3. The number of halogens is 1. The number of nitrogens with two attached hydrogens (primary N) is 1. The molecule has 0 aromatic carbocycles. The third-order valence-electron chi connectivity index (χ3n) is 2.96. The van der Waals surface area contributed by atoms with Crippen LogP contribution in [0.3, 0.4) is 0 Å². The quantitative estimate of drug-likeness (QED) is 0.728. The summed E-state index contributed by atoms with van der Waals surface area (Å²) >= 11 is 3.35. The van der Waals surface area contributed by atoms with Crippen LogP contribution in [-0.4, -0.2) is 54.9 Å². The number of nitrogen functional groups attached to an aromatic ring is 1. The number of amides is 1. The highest BCUT2D eigenvalue weighted by molar-refractivity contribution is 9.10. The second-order valence-electron chi connectivity index (χ2n) is 6.17. The standard InChI is InChI=1S/C15H25BrN4O3/c1-15(2,3)23-14(21)20(4)9-10(22-5)8-19-12-11(17)6-7-18-13(12)16/h6-7,10,19H,8-9H2,1-5H3,(H2,17,18)/t10-/m0/s1. The molecule has 1 rings (SSSR count). The van der Waals surface area contributed by atoms with E-state index >= 15 is 0 Å². The fraction of sp³-hybridized carbons (Fsp3) is 0.600. The molecule has 0 radical (unpaired) electrons. The van der Waals surface area contributed by atoms with Crippen molar-refractivity contribution in [3.8, 4) is 0 Å². The van der Waals surface area contributed by atoms with E-state index in [-0.39, 0.29) is 12.2 Å². The fourth-order valence-electron chi connectivity index (χ4n) is 1.78. The molecule has 1 heterocycles. The Kier molecular flexibility index (Phi) is 7.08. The summed E-state index contributed by atoms with van der Waals surface area (Å²) < 4.78 is 11.4. The zero-order valence-electron chi connectivity index (χ0n) is 14.2. The highest BCUT2D eigenvalue weighted by Crippen LogP contribution is 2.25. The third kappa shape index (κ3) is 6.62. The van der Waals surface area contributed by atoms with Crippen molar-refractivity contribution in [2.45, 2.75) is 32.5 Å². The number of hydrogen-bond acceptors (Lipinski definition) is 6. The lowest BCUT2D eigenvalue weighted by atomic mass is 10.2. The Hall–Kier alpha value is -1.54. The van der Waals surface area contributed by atoms with E-state index in [4.69, 9.17) is 15.2 Å². The van der Waals surface area contributed by atoms with Gasteiger partial charge in [0.1, 0.15) is 10.2 Å². The number of anilines is 2. The van der Waals surface area contributed by atoms with Gasteiger partial charge in [-0.1, -0.05) is 0 Å². The van der Waals surface area contributed by atoms with E-state index in [1.807, 2.05) is 20.8 Å². The average Bonchev–Trinajstić information content (AvgIpc) is 2.43. The number of carbonyl (C=O) groups is 1. The van der Waals surface area contributed by atoms with Crippen molar-refractivity contribution in [1.82, 2.24) is 9.88 Å². The molecule has 0 bridgehead atoms. The zero-order chi connectivity index (χ0) is 17.6. The van der Waals surface area contributed by atoms with Gasteiger partial charge < -0.3 is 25.4 Å². The average molecular weight is 389 g/mol. The highest BCUT2D eigenvalue weighted by Gasteiger charge is 2.22. The molecule has 0 aliphatic rings. The van der Waals surface area contributed by atoms with Crippen molar-refractivity contribution in [3.05, 3.63) is 16.9 Å². The molecule has 1 atom stereocenters. The van der Waals surface area contributed by atoms with E-state index in [0.717, 1.165) is 0 Å². The lowest BCUT2D eigenvalue weighted by molar-refractivity contribution is 0.0164. The van der Waals surface area contributed by atoms with Gasteiger partial charge in [0.2, 0.25) is 0 Å². The minimum absolute atomic E-state index is 0.223. The van der Waals surface area contributed by atoms with Crippen LogP contribution in [0.1, 0.15) is 20.8 Å². The Balaban J connectivity index is 2.59. The number of methoxy groups -OCH3 is 1. The second kappa shape index (κ2) is 8.35. The summed E-state index contributed by atoms with van der Waals surface area (Å²) in [4.78, 5) is 17.6. The van der Waals surface area contributed by atoms with Crippen molar-refractivity contribution in [2.24, 2.45) is 0 Å². The van der Waals surface area contributed by atoms with Crippen molar-refractivity contribution < 1.29 is 14.3 Å². The van der Waals surface area contributed by atoms with E-state index in [2.05, 4.69) is 26.2 Å². The first-order valence-corrected chi connectivity index (χ1v) is 8.04. The number of nitrogens with one attached hydrogen (secondary N) is 1. The summed E-state index contributed by atoms with van der Waals surface area (Å²) in [5, 5.41) is 3.19. The molecule has 1 aromatic heterocycles. The molecule has 0 fully saturated rings. The molecule has 130 valence electrons. The van der Waals surface area contributed by atoms with Crippen LogP contribution < -0.4 is 11.1 Å². The van der Waals surface area contributed by atoms with Crippen LogP contribution in [0, 0.1) is 0 Å². The van der Waals surface area contributed by atoms with Crippen molar-refractivity contribution >= 4 is 33.4 Å². The van der Waals surface area contributed by atoms with E-state index in [0.29, 0.717) is 29.1 Å². The van der Waals surface area contributed by atoms with Gasteiger partial charge in [0.05, 0.1) is 24.0 Å². The van der Waals surface area contributed by atoms with Crippen LogP contribution >= 0.6 is 15.9 Å². The van der Waals surface area contributed by atoms with Gasteiger partial charge in [0.25, 0.3) is 0 Å². The summed E-state index contributed by atoms with van der Waals surface area (Å²) in [6, 6.07) is 1.71. The van der Waals surface area contributed by atoms with Gasteiger partial charge in [0, 0.05) is 26.9 Å². The Bertz CT molecular complexity index is 514. The molecule has 0 aliphatic heterocycles. The van der Waals surface area contributed by atoms with Crippen LogP contribution in [-0.2, 0) is 9.47 Å². The summed E-state index contributed by atoms with van der Waals surface area (Å²) in [5.41, 5.74) is 6.67. The van der Waals surface area contributed by atoms with Crippen LogP contribution in [0.5, 0.6) is 0 Å². The number of aromatic nitrogens is 1. The monoisotopic (exact) mass is 388 g/mol. The molecule has 0 aliphatic carbocycles. The summed E-state index contributed by atoms with van der Waals surface area (Å²) in [7, 11) is 3.27. The van der Waals surface area contributed by atoms with Gasteiger partial charge in [-0.3, -0.25) is 0 Å². The van der Waals surface area contributed by atoms with Gasteiger partial charge in [-0.2, -0.15) is 0 Å². The van der Waals surface area contributed by atoms with E-state index in [9.17, 15) is 4.79 Å². The second-order valence-corrected chi connectivity index (χ2v) is 6.92. The number of carbonyl (C=O) groups excluding carboxylic acids is 1. The molecule has 0 spiro atoms. The number of likely N-dealkylation sites (N-methyl/N-ethyl adjacent to an activating group) is 1. The lowest BCUT2D eigenvalue weighted by Gasteiger charge is -2.27. The highest BCUT2D eigenvalue weighted by atomic mass is 79.9. The number of rotatable bonds is 6. The first-order valence-electron chi connectivity index (χ1n) is 7.24. The van der Waals surface area contributed by atoms with Crippen LogP contribution in [0.4, 0.5) is 16.2 Å². The fourth-order valence-corrected chi connectivity index (χ4v) is 2.27. The first kappa shape index (κ1) is 19.5. The molecule has 7 nitrogen and oxygen atoms in total. The molecule has 0 unspecified atom stereocenters. The normalized spacial score (nSPS) is 12.6. The first-order chi connectivity index (χ1) is 10.6. The smallest absolute Gasteiger partial charge is 0.410 e. The minimum atomic E-state index is -0.527. The van der Waals surface area contributed by atoms with Crippen LogP contribution in [0.25, 0.3) is 0 Å². The maximum Gasteiger partial charge on any atom is 0.410 e. The summed E-state index contributed by atoms with van der Waals surface area (Å²) in [5.74, 6) is 0. The third-order valence-corrected chi connectivity index (χ3v) is 3.56. The van der Waals surface area contributed by atoms with Crippen LogP contribution in [0.15, 0.2) is 16.9 Å². The SMILES string of the molecule is CO[C@@H](CNc1c(N)ccnc1Br)CN(C)C(=O)OC(C)(C)C. The summed E-state index contributed by atoms with van der Waals surface area (Å²) in [6.45, 7) is 6.35. The van der Waals surface area contributed by atoms with E-state index < -0.39 is 5.60 Å². The van der Waals surface area contributed by atoms with Crippen molar-refractivity contribution in [1.29, 1.82) is 0 Å². The molecule has 0 saturated carbocycles. The van der Waals surface area contributed by atoms with Crippen molar-refractivity contribution in [2.75, 3.05) is 38.3 Å². The van der Waals surface area contributed by atoms with Gasteiger partial charge in [-0.05, 0) is 42.8 Å². The number of hydrogen-bond donors (Lipinski definition) is 2. The Labute approximate surface area is 145 Å². The van der Waals surface area contributed by atoms with Gasteiger partial charge in [0.15, 0.2) is 0 Å². The predicted molar refractivity (Wildman–Crippen MR) is 94.5 cm³/mol. The minimum Gasteiger partial charge on any atom is -0.444 e. The van der Waals surface area contributed by atoms with E-state index in [1.54, 1.807) is 26.4 Å². The molecule has 3 N–H and O–H groups in total. The number of nitrogens with zero attached hydrogens (tertiary/aromatic N) is 2.